The van der Waals surface area contributed by atoms with Gasteiger partial charge in [0.2, 0.25) is 11.8 Å². The number of hydrogen-bond donors (Lipinski definition) is 3. The summed E-state index contributed by atoms with van der Waals surface area (Å²) in [5, 5.41) is 18.2. The van der Waals surface area contributed by atoms with Crippen molar-refractivity contribution >= 4 is 40.2 Å². The van der Waals surface area contributed by atoms with Gasteiger partial charge in [-0.15, -0.1) is 0 Å². The van der Waals surface area contributed by atoms with Gasteiger partial charge in [-0.2, -0.15) is 0 Å². The molecule has 3 unspecified atom stereocenters. The Hall–Kier alpha value is -4.44. The number of carboxylic acid groups (broad SMARTS) is 1. The predicted octanol–water partition coefficient (Wildman–Crippen LogP) is 5.30. The van der Waals surface area contributed by atoms with Crippen molar-refractivity contribution in [1.29, 1.82) is 0 Å². The highest BCUT2D eigenvalue weighted by Gasteiger charge is 2.54. The fourth-order valence-electron chi connectivity index (χ4n) is 7.00. The number of carboxylic acids is 1. The lowest BCUT2D eigenvalue weighted by Gasteiger charge is -2.35. The summed E-state index contributed by atoms with van der Waals surface area (Å²) in [6.07, 6.45) is 5.47. The Bertz CT molecular complexity index is 1610. The molecule has 0 spiro atoms. The van der Waals surface area contributed by atoms with Crippen molar-refractivity contribution in [3.8, 4) is 0 Å². The summed E-state index contributed by atoms with van der Waals surface area (Å²) in [7, 11) is 0. The smallest absolute Gasteiger partial charge is 0.338 e. The Kier molecular flexibility index (Phi) is 9.77. The van der Waals surface area contributed by atoms with Gasteiger partial charge in [0.1, 0.15) is 17.6 Å². The molecule has 0 aromatic heterocycles. The number of anilines is 1. The van der Waals surface area contributed by atoms with Gasteiger partial charge >= 0.3 is 11.9 Å². The van der Waals surface area contributed by atoms with Crippen LogP contribution in [0.3, 0.4) is 0 Å². The van der Waals surface area contributed by atoms with Crippen LogP contribution in [0.4, 0.5) is 5.69 Å². The van der Waals surface area contributed by atoms with Crippen LogP contribution >= 0.6 is 0 Å². The molecule has 47 heavy (non-hydrogen) atoms. The predicted molar refractivity (Wildman–Crippen MR) is 177 cm³/mol. The van der Waals surface area contributed by atoms with Crippen LogP contribution in [0.25, 0.3) is 10.8 Å². The minimum atomic E-state index is -1.27. The first-order chi connectivity index (χ1) is 22.8. The normalized spacial score (nSPS) is 21.2. The van der Waals surface area contributed by atoms with Gasteiger partial charge in [0.05, 0.1) is 24.9 Å². The van der Waals surface area contributed by atoms with Gasteiger partial charge in [0, 0.05) is 18.7 Å². The summed E-state index contributed by atoms with van der Waals surface area (Å²) in [4.78, 5) is 54.1. The molecule has 2 aliphatic carbocycles. The zero-order chi connectivity index (χ0) is 33.0. The third-order valence-electron chi connectivity index (χ3n) is 9.83. The SMILES string of the molecule is CCOC(=O)c1ccc(NC(C(=O)N2CC(OCc3cccc4ccccc34)CC2C(=O)NC2(C(=O)O)CC2)C2CCCCC2)cc1. The summed E-state index contributed by atoms with van der Waals surface area (Å²) in [6.45, 7) is 2.57. The summed E-state index contributed by atoms with van der Waals surface area (Å²) >= 11 is 0. The number of esters is 1. The molecule has 3 atom stereocenters. The van der Waals surface area contributed by atoms with Crippen LogP contribution in [-0.4, -0.2) is 70.6 Å². The number of likely N-dealkylation sites (tertiary alicyclic amines) is 1. The van der Waals surface area contributed by atoms with Crippen LogP contribution in [0, 0.1) is 5.92 Å². The van der Waals surface area contributed by atoms with E-state index in [4.69, 9.17) is 9.47 Å². The second kappa shape index (κ2) is 14.1. The molecule has 10 heteroatoms. The van der Waals surface area contributed by atoms with E-state index >= 15 is 0 Å². The van der Waals surface area contributed by atoms with Crippen LogP contribution in [-0.2, 0) is 30.5 Å². The molecule has 3 fully saturated rings. The lowest BCUT2D eigenvalue weighted by atomic mass is 9.83. The molecular weight excluding hydrogens is 598 g/mol. The van der Waals surface area contributed by atoms with E-state index in [2.05, 4.69) is 16.7 Å². The lowest BCUT2D eigenvalue weighted by molar-refractivity contribution is -0.145. The van der Waals surface area contributed by atoms with Gasteiger partial charge in [-0.1, -0.05) is 61.7 Å². The van der Waals surface area contributed by atoms with Gasteiger partial charge in [-0.25, -0.2) is 9.59 Å². The highest BCUT2D eigenvalue weighted by Crippen LogP contribution is 2.37. The van der Waals surface area contributed by atoms with Crippen LogP contribution in [0.2, 0.25) is 0 Å². The fourth-order valence-corrected chi connectivity index (χ4v) is 7.00. The highest BCUT2D eigenvalue weighted by molar-refractivity contribution is 5.96. The number of carbonyl (C=O) groups is 4. The highest BCUT2D eigenvalue weighted by atomic mass is 16.5. The van der Waals surface area contributed by atoms with Crippen molar-refractivity contribution in [2.24, 2.45) is 5.92 Å². The van der Waals surface area contributed by atoms with E-state index in [1.807, 2.05) is 36.4 Å². The van der Waals surface area contributed by atoms with Crippen molar-refractivity contribution in [3.05, 3.63) is 77.9 Å². The minimum Gasteiger partial charge on any atom is -0.480 e. The van der Waals surface area contributed by atoms with E-state index in [0.29, 0.717) is 30.7 Å². The largest absolute Gasteiger partial charge is 0.480 e. The average molecular weight is 642 g/mol. The summed E-state index contributed by atoms with van der Waals surface area (Å²) in [6, 6.07) is 19.5. The first-order valence-electron chi connectivity index (χ1n) is 16.8. The maximum absolute atomic E-state index is 14.6. The van der Waals surface area contributed by atoms with Crippen LogP contribution in [0.1, 0.15) is 74.2 Å². The Labute approximate surface area is 274 Å². The molecule has 0 radical (unpaired) electrons. The summed E-state index contributed by atoms with van der Waals surface area (Å²) < 4.78 is 11.5. The van der Waals surface area contributed by atoms with Gasteiger partial charge in [0.25, 0.3) is 0 Å². The molecule has 1 saturated heterocycles. The van der Waals surface area contributed by atoms with Gasteiger partial charge in [-0.05, 0) is 79.1 Å². The molecule has 3 aromatic carbocycles. The number of nitrogens with zero attached hydrogens (tertiary/aromatic N) is 1. The number of benzene rings is 3. The van der Waals surface area contributed by atoms with E-state index in [9.17, 15) is 24.3 Å². The summed E-state index contributed by atoms with van der Waals surface area (Å²) in [5.74, 6) is -2.08. The van der Waals surface area contributed by atoms with E-state index < -0.39 is 41.6 Å². The maximum Gasteiger partial charge on any atom is 0.338 e. The first-order valence-corrected chi connectivity index (χ1v) is 16.8. The zero-order valence-electron chi connectivity index (χ0n) is 26.8. The average Bonchev–Trinajstić information content (AvgIpc) is 3.75. The van der Waals surface area contributed by atoms with Gasteiger partial charge in [0.15, 0.2) is 0 Å². The van der Waals surface area contributed by atoms with Crippen molar-refractivity contribution in [2.75, 3.05) is 18.5 Å². The quantitative estimate of drug-likeness (QED) is 0.227. The molecule has 2 amide bonds. The molecule has 3 N–H and O–H groups in total. The first kappa shape index (κ1) is 32.5. The van der Waals surface area contributed by atoms with E-state index in [-0.39, 0.29) is 31.4 Å². The Morgan fingerprint density at radius 1 is 0.957 bits per heavy atom. The fraction of sp³-hybridized carbons (Fsp3) is 0.459. The van der Waals surface area contributed by atoms with Crippen molar-refractivity contribution in [3.63, 3.8) is 0 Å². The number of fused-ring (bicyclic) bond motifs is 1. The Morgan fingerprint density at radius 2 is 1.68 bits per heavy atom. The maximum atomic E-state index is 14.6. The van der Waals surface area contributed by atoms with E-state index in [1.54, 1.807) is 36.1 Å². The minimum absolute atomic E-state index is 0.0501. The second-order valence-corrected chi connectivity index (χ2v) is 13.0. The Morgan fingerprint density at radius 3 is 2.38 bits per heavy atom. The molecule has 6 rings (SSSR count). The number of carbonyl (C=O) groups excluding carboxylic acids is 3. The van der Waals surface area contributed by atoms with Crippen LogP contribution in [0.5, 0.6) is 0 Å². The standard InChI is InChI=1S/C37H43N3O7/c1-2-46-35(43)26-15-17-28(18-16-26)38-32(25-10-4-3-5-11-25)34(42)40-22-29(21-31(40)33(41)39-37(19-20-37)36(44)45)47-23-27-13-8-12-24-9-6-7-14-30(24)27/h6-9,12-18,25,29,31-32,38H,2-5,10-11,19-23H2,1H3,(H,39,41)(H,44,45). The van der Waals surface area contributed by atoms with E-state index in [0.717, 1.165) is 48.4 Å². The molecule has 248 valence electrons. The summed E-state index contributed by atoms with van der Waals surface area (Å²) in [5.41, 5.74) is 0.862. The number of aliphatic carboxylic acids is 1. The number of rotatable bonds is 12. The Balaban J connectivity index is 1.24. The molecule has 1 heterocycles. The number of ether oxygens (including phenoxy) is 2. The molecule has 0 bridgehead atoms. The third kappa shape index (κ3) is 7.27. The molecule has 3 aromatic rings. The monoisotopic (exact) mass is 641 g/mol. The topological polar surface area (TPSA) is 134 Å². The number of nitrogens with one attached hydrogen (secondary N) is 2. The molecule has 1 aliphatic heterocycles. The van der Waals surface area contributed by atoms with Gasteiger partial charge < -0.3 is 30.1 Å². The molecule has 10 nitrogen and oxygen atoms in total. The number of amides is 2. The van der Waals surface area contributed by atoms with Crippen LogP contribution in [0.15, 0.2) is 66.7 Å². The zero-order valence-corrected chi connectivity index (χ0v) is 26.8. The number of hydrogen-bond acceptors (Lipinski definition) is 7. The van der Waals surface area contributed by atoms with Crippen molar-refractivity contribution < 1.29 is 33.8 Å². The van der Waals surface area contributed by atoms with Gasteiger partial charge in [-0.3, -0.25) is 9.59 Å². The van der Waals surface area contributed by atoms with Crippen molar-refractivity contribution in [1.82, 2.24) is 10.2 Å². The second-order valence-electron chi connectivity index (χ2n) is 13.0. The van der Waals surface area contributed by atoms with E-state index in [1.165, 1.54) is 0 Å². The molecule has 3 aliphatic rings. The third-order valence-corrected chi connectivity index (χ3v) is 9.83. The molecular formula is C37H43N3O7. The lowest BCUT2D eigenvalue weighted by Crippen LogP contribution is -2.55. The van der Waals surface area contributed by atoms with Crippen molar-refractivity contribution in [2.45, 2.75) is 88.6 Å². The van der Waals surface area contributed by atoms with Crippen LogP contribution < -0.4 is 10.6 Å². The molecule has 2 saturated carbocycles.